The van der Waals surface area contributed by atoms with Gasteiger partial charge in [0.1, 0.15) is 17.2 Å². The van der Waals surface area contributed by atoms with Crippen LogP contribution in [0, 0.1) is 12.7 Å². The molecule has 176 valence electrons. The topological polar surface area (TPSA) is 49.4 Å². The molecule has 1 fully saturated rings. The molecular formula is C26H23Cl2FN2O2S. The zero-order valence-electron chi connectivity index (χ0n) is 18.4. The SMILES string of the molecule is Cc1ccccc1C(=O)N1C(C(=O)NCCc2ccc(Cl)cc2Cl)CSC1c1ccc(F)cc1. The summed E-state index contributed by atoms with van der Waals surface area (Å²) in [6.45, 7) is 2.24. The van der Waals surface area contributed by atoms with Crippen molar-refractivity contribution in [2.75, 3.05) is 12.3 Å². The van der Waals surface area contributed by atoms with Crippen molar-refractivity contribution >= 4 is 46.8 Å². The van der Waals surface area contributed by atoms with Crippen LogP contribution in [0.15, 0.2) is 66.7 Å². The molecule has 0 saturated carbocycles. The number of rotatable bonds is 6. The minimum Gasteiger partial charge on any atom is -0.354 e. The maximum Gasteiger partial charge on any atom is 0.256 e. The molecule has 4 rings (SSSR count). The number of amides is 2. The lowest BCUT2D eigenvalue weighted by Crippen LogP contribution is -2.48. The third-order valence-corrected chi connectivity index (χ3v) is 7.69. The van der Waals surface area contributed by atoms with Crippen LogP contribution in [0.4, 0.5) is 4.39 Å². The van der Waals surface area contributed by atoms with E-state index in [2.05, 4.69) is 5.32 Å². The first-order valence-electron chi connectivity index (χ1n) is 10.8. The van der Waals surface area contributed by atoms with Crippen molar-refractivity contribution in [3.63, 3.8) is 0 Å². The van der Waals surface area contributed by atoms with Crippen molar-refractivity contribution in [2.24, 2.45) is 0 Å². The Labute approximate surface area is 212 Å². The quantitative estimate of drug-likeness (QED) is 0.433. The van der Waals surface area contributed by atoms with Gasteiger partial charge in [0.25, 0.3) is 5.91 Å². The number of hydrogen-bond donors (Lipinski definition) is 1. The van der Waals surface area contributed by atoms with Crippen LogP contribution in [0.1, 0.15) is 32.4 Å². The van der Waals surface area contributed by atoms with Crippen molar-refractivity contribution in [3.8, 4) is 0 Å². The van der Waals surface area contributed by atoms with E-state index in [1.54, 1.807) is 41.3 Å². The van der Waals surface area contributed by atoms with Crippen LogP contribution in [-0.4, -0.2) is 35.1 Å². The highest BCUT2D eigenvalue weighted by Crippen LogP contribution is 2.42. The zero-order valence-corrected chi connectivity index (χ0v) is 20.8. The Kier molecular flexibility index (Phi) is 7.81. The van der Waals surface area contributed by atoms with Gasteiger partial charge in [-0.3, -0.25) is 9.59 Å². The Morgan fingerprint density at radius 2 is 1.82 bits per heavy atom. The Balaban J connectivity index is 1.54. The number of aryl methyl sites for hydroxylation is 1. The van der Waals surface area contributed by atoms with Crippen LogP contribution in [-0.2, 0) is 11.2 Å². The van der Waals surface area contributed by atoms with Crippen molar-refractivity contribution in [1.82, 2.24) is 10.2 Å². The number of carbonyl (C=O) groups is 2. The molecule has 1 N–H and O–H groups in total. The van der Waals surface area contributed by atoms with Crippen LogP contribution in [0.5, 0.6) is 0 Å². The highest BCUT2D eigenvalue weighted by molar-refractivity contribution is 7.99. The molecule has 4 nitrogen and oxygen atoms in total. The molecule has 34 heavy (non-hydrogen) atoms. The molecule has 0 radical (unpaired) electrons. The molecule has 2 amide bonds. The van der Waals surface area contributed by atoms with E-state index in [9.17, 15) is 14.0 Å². The van der Waals surface area contributed by atoms with E-state index < -0.39 is 11.4 Å². The highest BCUT2D eigenvalue weighted by Gasteiger charge is 2.42. The number of benzene rings is 3. The van der Waals surface area contributed by atoms with Crippen LogP contribution in [0.2, 0.25) is 10.0 Å². The van der Waals surface area contributed by atoms with Gasteiger partial charge in [-0.15, -0.1) is 11.8 Å². The minimum absolute atomic E-state index is 0.224. The third-order valence-electron chi connectivity index (χ3n) is 5.78. The van der Waals surface area contributed by atoms with E-state index >= 15 is 0 Å². The summed E-state index contributed by atoms with van der Waals surface area (Å²) in [6.07, 6.45) is 0.536. The van der Waals surface area contributed by atoms with Gasteiger partial charge in [-0.25, -0.2) is 4.39 Å². The fourth-order valence-corrected chi connectivity index (χ4v) is 5.89. The Hall–Kier alpha value is -2.54. The standard InChI is InChI=1S/C26H23Cl2FN2O2S/c1-16-4-2-3-5-21(16)25(33)31-23(15-34-26(31)18-7-10-20(29)11-8-18)24(32)30-13-12-17-6-9-19(27)14-22(17)28/h2-11,14,23,26H,12-13,15H2,1H3,(H,30,32). The van der Waals surface area contributed by atoms with Crippen LogP contribution >= 0.6 is 35.0 Å². The molecule has 3 aromatic rings. The second kappa shape index (κ2) is 10.8. The fraction of sp³-hybridized carbons (Fsp3) is 0.231. The first kappa shape index (κ1) is 24.6. The summed E-state index contributed by atoms with van der Waals surface area (Å²) in [5, 5.41) is 3.66. The summed E-state index contributed by atoms with van der Waals surface area (Å²) in [4.78, 5) is 28.5. The third kappa shape index (κ3) is 5.40. The molecule has 1 saturated heterocycles. The monoisotopic (exact) mass is 516 g/mol. The lowest BCUT2D eigenvalue weighted by molar-refractivity contribution is -0.124. The van der Waals surface area contributed by atoms with Gasteiger partial charge in [0, 0.05) is 27.9 Å². The lowest BCUT2D eigenvalue weighted by atomic mass is 10.1. The predicted molar refractivity (Wildman–Crippen MR) is 136 cm³/mol. The molecule has 1 aliphatic heterocycles. The van der Waals surface area contributed by atoms with Crippen molar-refractivity contribution < 1.29 is 14.0 Å². The molecule has 0 bridgehead atoms. The Bertz CT molecular complexity index is 1210. The van der Waals surface area contributed by atoms with Crippen molar-refractivity contribution in [1.29, 1.82) is 0 Å². The number of nitrogens with one attached hydrogen (secondary N) is 1. The summed E-state index contributed by atoms with van der Waals surface area (Å²) >= 11 is 13.7. The van der Waals surface area contributed by atoms with Crippen molar-refractivity contribution in [3.05, 3.63) is 105 Å². The highest BCUT2D eigenvalue weighted by atomic mass is 35.5. The van der Waals surface area contributed by atoms with Crippen LogP contribution in [0.25, 0.3) is 0 Å². The van der Waals surface area contributed by atoms with Gasteiger partial charge in [0.05, 0.1) is 0 Å². The van der Waals surface area contributed by atoms with Crippen molar-refractivity contribution in [2.45, 2.75) is 24.8 Å². The van der Waals surface area contributed by atoms with Gasteiger partial charge in [0.2, 0.25) is 5.91 Å². The summed E-state index contributed by atoms with van der Waals surface area (Å²) < 4.78 is 13.5. The summed E-state index contributed by atoms with van der Waals surface area (Å²) in [7, 11) is 0. The number of nitrogens with zero attached hydrogens (tertiary/aromatic N) is 1. The number of carbonyl (C=O) groups excluding carboxylic acids is 2. The van der Waals surface area contributed by atoms with Gasteiger partial charge in [0.15, 0.2) is 0 Å². The van der Waals surface area contributed by atoms with Gasteiger partial charge in [-0.05, 0) is 60.4 Å². The van der Waals surface area contributed by atoms with E-state index in [4.69, 9.17) is 23.2 Å². The number of halogens is 3. The average molecular weight is 517 g/mol. The Morgan fingerprint density at radius 3 is 2.53 bits per heavy atom. The first-order valence-corrected chi connectivity index (χ1v) is 12.6. The van der Waals surface area contributed by atoms with E-state index in [1.807, 2.05) is 25.1 Å². The molecule has 2 atom stereocenters. The maximum absolute atomic E-state index is 13.6. The summed E-state index contributed by atoms with van der Waals surface area (Å²) in [5.41, 5.74) is 3.03. The van der Waals surface area contributed by atoms with E-state index in [-0.39, 0.29) is 17.6 Å². The average Bonchev–Trinajstić information content (AvgIpc) is 3.26. The molecule has 0 aliphatic carbocycles. The molecule has 0 aromatic heterocycles. The zero-order chi connectivity index (χ0) is 24.2. The van der Waals surface area contributed by atoms with Crippen LogP contribution < -0.4 is 5.32 Å². The number of hydrogen-bond acceptors (Lipinski definition) is 3. The normalized spacial score (nSPS) is 17.6. The largest absolute Gasteiger partial charge is 0.354 e. The molecule has 1 heterocycles. The molecule has 8 heteroatoms. The molecule has 2 unspecified atom stereocenters. The number of thioether (sulfide) groups is 1. The second-order valence-electron chi connectivity index (χ2n) is 8.06. The first-order chi connectivity index (χ1) is 16.3. The van der Waals surface area contributed by atoms with Gasteiger partial charge < -0.3 is 10.2 Å². The van der Waals surface area contributed by atoms with Gasteiger partial charge in [-0.1, -0.05) is 59.6 Å². The lowest BCUT2D eigenvalue weighted by Gasteiger charge is -2.29. The second-order valence-corrected chi connectivity index (χ2v) is 10.0. The van der Waals surface area contributed by atoms with E-state index in [1.165, 1.54) is 23.9 Å². The fourth-order valence-electron chi connectivity index (χ4n) is 3.96. The molecular weight excluding hydrogens is 494 g/mol. The summed E-state index contributed by atoms with van der Waals surface area (Å²) in [6, 6.07) is 18.0. The molecule has 0 spiro atoms. The summed E-state index contributed by atoms with van der Waals surface area (Å²) in [5.74, 6) is -0.367. The van der Waals surface area contributed by atoms with Gasteiger partial charge in [-0.2, -0.15) is 0 Å². The Morgan fingerprint density at radius 1 is 1.09 bits per heavy atom. The molecule has 1 aliphatic rings. The predicted octanol–water partition coefficient (Wildman–Crippen LogP) is 6.06. The molecule has 3 aromatic carbocycles. The maximum atomic E-state index is 13.6. The smallest absolute Gasteiger partial charge is 0.256 e. The van der Waals surface area contributed by atoms with E-state index in [0.717, 1.165) is 16.7 Å². The van der Waals surface area contributed by atoms with Gasteiger partial charge >= 0.3 is 0 Å². The minimum atomic E-state index is -0.659. The van der Waals surface area contributed by atoms with Crippen LogP contribution in [0.3, 0.4) is 0 Å². The van der Waals surface area contributed by atoms with E-state index in [0.29, 0.717) is 34.3 Å².